The summed E-state index contributed by atoms with van der Waals surface area (Å²) < 4.78 is 2.21. The smallest absolute Gasteiger partial charge is 0.0850 e. The number of nitrogens with one attached hydrogen (secondary N) is 1. The predicted molar refractivity (Wildman–Crippen MR) is 79.0 cm³/mol. The van der Waals surface area contributed by atoms with Gasteiger partial charge in [-0.15, -0.1) is 0 Å². The Hall–Kier alpha value is -1.09. The lowest BCUT2D eigenvalue weighted by Gasteiger charge is -2.21. The fraction of sp³-hybridized carbons (Fsp3) is 0.688. The van der Waals surface area contributed by atoms with Crippen LogP contribution in [0.25, 0.3) is 6.08 Å². The van der Waals surface area contributed by atoms with Crippen LogP contribution >= 0.6 is 0 Å². The zero-order valence-corrected chi connectivity index (χ0v) is 11.8. The van der Waals surface area contributed by atoms with E-state index < -0.39 is 0 Å². The first kappa shape index (κ1) is 12.9. The lowest BCUT2D eigenvalue weighted by molar-refractivity contribution is 0.329. The van der Waals surface area contributed by atoms with E-state index in [2.05, 4.69) is 28.3 Å². The summed E-state index contributed by atoms with van der Waals surface area (Å²) in [6.45, 7) is 2.28. The Morgan fingerprint density at radius 1 is 1.11 bits per heavy atom. The zero-order chi connectivity index (χ0) is 12.9. The van der Waals surface area contributed by atoms with E-state index in [0.29, 0.717) is 6.04 Å². The van der Waals surface area contributed by atoms with Crippen molar-refractivity contribution in [1.82, 2.24) is 15.1 Å². The average molecular weight is 259 g/mol. The molecule has 1 aliphatic heterocycles. The van der Waals surface area contributed by atoms with Gasteiger partial charge in [0.15, 0.2) is 0 Å². The van der Waals surface area contributed by atoms with Gasteiger partial charge in [0.1, 0.15) is 0 Å². The first-order valence-corrected chi connectivity index (χ1v) is 7.87. The van der Waals surface area contributed by atoms with Crippen LogP contribution in [0, 0.1) is 0 Å². The van der Waals surface area contributed by atoms with Crippen molar-refractivity contribution in [3.63, 3.8) is 0 Å². The van der Waals surface area contributed by atoms with Crippen molar-refractivity contribution in [3.05, 3.63) is 23.5 Å². The molecule has 1 saturated heterocycles. The summed E-state index contributed by atoms with van der Waals surface area (Å²) in [7, 11) is 0. The second kappa shape index (κ2) is 6.38. The molecular weight excluding hydrogens is 234 g/mol. The Morgan fingerprint density at radius 2 is 2.00 bits per heavy atom. The average Bonchev–Trinajstić information content (AvgIpc) is 2.76. The lowest BCUT2D eigenvalue weighted by atomic mass is 9.96. The van der Waals surface area contributed by atoms with E-state index >= 15 is 0 Å². The molecule has 1 aromatic heterocycles. The summed E-state index contributed by atoms with van der Waals surface area (Å²) in [5.41, 5.74) is 2.71. The molecule has 0 bridgehead atoms. The molecule has 1 N–H and O–H groups in total. The molecule has 19 heavy (non-hydrogen) atoms. The van der Waals surface area contributed by atoms with Gasteiger partial charge in [-0.3, -0.25) is 4.68 Å². The van der Waals surface area contributed by atoms with Gasteiger partial charge in [-0.25, -0.2) is 0 Å². The SMILES string of the molecule is C(=C1\CCCNCC1)/c1ccn(C2CCCCC2)n1. The van der Waals surface area contributed by atoms with Crippen LogP contribution in [0.2, 0.25) is 0 Å². The molecule has 3 heteroatoms. The summed E-state index contributed by atoms with van der Waals surface area (Å²) >= 11 is 0. The number of nitrogens with zero attached hydrogens (tertiary/aromatic N) is 2. The van der Waals surface area contributed by atoms with Crippen molar-refractivity contribution in [1.29, 1.82) is 0 Å². The summed E-state index contributed by atoms with van der Waals surface area (Å²) in [6.07, 6.45) is 14.9. The second-order valence-electron chi connectivity index (χ2n) is 5.92. The number of hydrogen-bond donors (Lipinski definition) is 1. The Balaban J connectivity index is 1.68. The highest BCUT2D eigenvalue weighted by molar-refractivity contribution is 5.48. The molecule has 0 aromatic carbocycles. The Kier molecular flexibility index (Phi) is 4.34. The van der Waals surface area contributed by atoms with Gasteiger partial charge >= 0.3 is 0 Å². The van der Waals surface area contributed by atoms with E-state index in [4.69, 9.17) is 5.10 Å². The molecule has 3 rings (SSSR count). The quantitative estimate of drug-likeness (QED) is 0.880. The van der Waals surface area contributed by atoms with Gasteiger partial charge in [0.05, 0.1) is 11.7 Å². The van der Waals surface area contributed by atoms with Crippen LogP contribution in [-0.4, -0.2) is 22.9 Å². The minimum Gasteiger partial charge on any atom is -0.316 e. The van der Waals surface area contributed by atoms with E-state index in [1.807, 2.05) is 0 Å². The monoisotopic (exact) mass is 259 g/mol. The van der Waals surface area contributed by atoms with Gasteiger partial charge in [-0.2, -0.15) is 5.10 Å². The van der Waals surface area contributed by atoms with Gasteiger partial charge in [-0.1, -0.05) is 24.8 Å². The van der Waals surface area contributed by atoms with Crippen molar-refractivity contribution in [2.24, 2.45) is 0 Å². The number of aromatic nitrogens is 2. The molecule has 0 atom stereocenters. The van der Waals surface area contributed by atoms with Crippen LogP contribution in [0.4, 0.5) is 0 Å². The first-order chi connectivity index (χ1) is 9.42. The van der Waals surface area contributed by atoms with E-state index in [-0.39, 0.29) is 0 Å². The fourth-order valence-corrected chi connectivity index (χ4v) is 3.27. The Morgan fingerprint density at radius 3 is 2.89 bits per heavy atom. The van der Waals surface area contributed by atoms with Crippen LogP contribution in [0.5, 0.6) is 0 Å². The first-order valence-electron chi connectivity index (χ1n) is 7.87. The minimum absolute atomic E-state index is 0.650. The number of hydrogen-bond acceptors (Lipinski definition) is 2. The van der Waals surface area contributed by atoms with Crippen LogP contribution in [0.3, 0.4) is 0 Å². The van der Waals surface area contributed by atoms with Crippen molar-refractivity contribution >= 4 is 6.08 Å². The Labute approximate surface area is 116 Å². The third-order valence-electron chi connectivity index (χ3n) is 4.40. The maximum atomic E-state index is 4.78. The molecule has 0 radical (unpaired) electrons. The third kappa shape index (κ3) is 3.47. The molecule has 0 unspecified atom stereocenters. The van der Waals surface area contributed by atoms with Gasteiger partial charge in [0, 0.05) is 6.20 Å². The topological polar surface area (TPSA) is 29.9 Å². The second-order valence-corrected chi connectivity index (χ2v) is 5.92. The molecule has 1 aromatic rings. The molecule has 2 aliphatic rings. The molecular formula is C16H25N3. The molecule has 2 heterocycles. The van der Waals surface area contributed by atoms with Crippen LogP contribution in [0.1, 0.15) is 63.1 Å². The van der Waals surface area contributed by atoms with E-state index in [1.165, 1.54) is 51.4 Å². The summed E-state index contributed by atoms with van der Waals surface area (Å²) in [5, 5.41) is 8.23. The van der Waals surface area contributed by atoms with Crippen molar-refractivity contribution in [3.8, 4) is 0 Å². The summed E-state index contributed by atoms with van der Waals surface area (Å²) in [4.78, 5) is 0. The molecule has 104 valence electrons. The maximum absolute atomic E-state index is 4.78. The predicted octanol–water partition coefficient (Wildman–Crippen LogP) is 3.55. The molecule has 0 spiro atoms. The molecule has 3 nitrogen and oxygen atoms in total. The zero-order valence-electron chi connectivity index (χ0n) is 11.8. The highest BCUT2D eigenvalue weighted by Crippen LogP contribution is 2.27. The van der Waals surface area contributed by atoms with Gasteiger partial charge in [-0.05, 0) is 57.3 Å². The van der Waals surface area contributed by atoms with E-state index in [9.17, 15) is 0 Å². The van der Waals surface area contributed by atoms with Crippen LogP contribution in [-0.2, 0) is 0 Å². The van der Waals surface area contributed by atoms with Gasteiger partial charge < -0.3 is 5.32 Å². The minimum atomic E-state index is 0.650. The lowest BCUT2D eigenvalue weighted by Crippen LogP contribution is -2.13. The highest BCUT2D eigenvalue weighted by Gasteiger charge is 2.15. The normalized spacial score (nSPS) is 24.5. The van der Waals surface area contributed by atoms with E-state index in [1.54, 1.807) is 5.57 Å². The summed E-state index contributed by atoms with van der Waals surface area (Å²) in [6, 6.07) is 2.83. The largest absolute Gasteiger partial charge is 0.316 e. The van der Waals surface area contributed by atoms with E-state index in [0.717, 1.165) is 18.8 Å². The van der Waals surface area contributed by atoms with Crippen LogP contribution in [0.15, 0.2) is 17.8 Å². The van der Waals surface area contributed by atoms with Crippen molar-refractivity contribution in [2.75, 3.05) is 13.1 Å². The summed E-state index contributed by atoms with van der Waals surface area (Å²) in [5.74, 6) is 0. The number of rotatable bonds is 2. The fourth-order valence-electron chi connectivity index (χ4n) is 3.27. The molecule has 2 fully saturated rings. The molecule has 1 saturated carbocycles. The van der Waals surface area contributed by atoms with Gasteiger partial charge in [0.25, 0.3) is 0 Å². The van der Waals surface area contributed by atoms with Crippen LogP contribution < -0.4 is 5.32 Å². The molecule has 1 aliphatic carbocycles. The maximum Gasteiger partial charge on any atom is 0.0850 e. The molecule has 0 amide bonds. The standard InChI is InChI=1S/C16H25N3/c1-2-6-16(7-3-1)19-12-9-15(18-19)13-14-5-4-10-17-11-8-14/h9,12-13,16-17H,1-8,10-11H2/b14-13-. The van der Waals surface area contributed by atoms with Gasteiger partial charge in [0.2, 0.25) is 0 Å². The van der Waals surface area contributed by atoms with Crippen molar-refractivity contribution in [2.45, 2.75) is 57.4 Å². The highest BCUT2D eigenvalue weighted by atomic mass is 15.3. The van der Waals surface area contributed by atoms with Crippen molar-refractivity contribution < 1.29 is 0 Å². The Bertz CT molecular complexity index is 417. The third-order valence-corrected chi connectivity index (χ3v) is 4.40.